The highest BCUT2D eigenvalue weighted by atomic mass is 32.1. The van der Waals surface area contributed by atoms with E-state index in [1.165, 1.54) is 37.7 Å². The molecule has 1 heterocycles. The van der Waals surface area contributed by atoms with Gasteiger partial charge in [-0.05, 0) is 54.5 Å². The molecule has 0 saturated heterocycles. The Morgan fingerprint density at radius 3 is 3.00 bits per heavy atom. The van der Waals surface area contributed by atoms with Gasteiger partial charge in [0.05, 0.1) is 0 Å². The van der Waals surface area contributed by atoms with Crippen molar-refractivity contribution in [3.05, 3.63) is 34.0 Å². The van der Waals surface area contributed by atoms with Crippen LogP contribution in [0.2, 0.25) is 0 Å². The molecule has 0 fully saturated rings. The van der Waals surface area contributed by atoms with Crippen molar-refractivity contribution in [2.45, 2.75) is 32.1 Å². The van der Waals surface area contributed by atoms with Gasteiger partial charge in [0.15, 0.2) is 0 Å². The van der Waals surface area contributed by atoms with E-state index in [4.69, 9.17) is 0 Å². The molecule has 0 saturated carbocycles. The van der Waals surface area contributed by atoms with E-state index >= 15 is 0 Å². The summed E-state index contributed by atoms with van der Waals surface area (Å²) < 4.78 is 0. The van der Waals surface area contributed by atoms with Crippen molar-refractivity contribution >= 4 is 11.3 Å². The number of thiophene rings is 1. The van der Waals surface area contributed by atoms with Crippen LogP contribution < -0.4 is 0 Å². The van der Waals surface area contributed by atoms with Gasteiger partial charge in [-0.15, -0.1) is 0 Å². The van der Waals surface area contributed by atoms with Crippen molar-refractivity contribution in [3.8, 4) is 0 Å². The molecule has 1 aromatic rings. The van der Waals surface area contributed by atoms with E-state index in [0.29, 0.717) is 0 Å². The van der Waals surface area contributed by atoms with Crippen LogP contribution in [0.1, 0.15) is 31.2 Å². The molecule has 2 rings (SSSR count). The summed E-state index contributed by atoms with van der Waals surface area (Å²) in [6, 6.07) is 2.24. The van der Waals surface area contributed by atoms with Crippen molar-refractivity contribution in [3.63, 3.8) is 0 Å². The largest absolute Gasteiger partial charge is 0.152 e. The molecule has 0 N–H and O–H groups in total. The molecule has 0 aliphatic heterocycles. The molecule has 0 unspecified atom stereocenters. The fourth-order valence-corrected chi connectivity index (χ4v) is 2.39. The van der Waals surface area contributed by atoms with E-state index < -0.39 is 0 Å². The molecule has 1 aliphatic carbocycles. The molecular formula is C11H14S. The van der Waals surface area contributed by atoms with Crippen LogP contribution in [0, 0.1) is 0 Å². The smallest absolute Gasteiger partial charge is 0.00580 e. The Bertz CT molecular complexity index is 257. The fourth-order valence-electron chi connectivity index (χ4n) is 1.72. The van der Waals surface area contributed by atoms with Gasteiger partial charge in [0, 0.05) is 0 Å². The SMILES string of the molecule is C1=C(Cc2ccsc2)CCCC1. The van der Waals surface area contributed by atoms with Crippen molar-refractivity contribution in [1.29, 1.82) is 0 Å². The summed E-state index contributed by atoms with van der Waals surface area (Å²) in [7, 11) is 0. The van der Waals surface area contributed by atoms with Gasteiger partial charge in [0.2, 0.25) is 0 Å². The second kappa shape index (κ2) is 3.90. The summed E-state index contributed by atoms with van der Waals surface area (Å²) >= 11 is 1.80. The maximum Gasteiger partial charge on any atom is -0.00580 e. The van der Waals surface area contributed by atoms with Gasteiger partial charge in [-0.25, -0.2) is 0 Å². The third-order valence-corrected chi connectivity index (χ3v) is 3.13. The van der Waals surface area contributed by atoms with Crippen molar-refractivity contribution in [2.75, 3.05) is 0 Å². The molecule has 0 spiro atoms. The maximum atomic E-state index is 2.43. The van der Waals surface area contributed by atoms with Crippen LogP contribution in [0.5, 0.6) is 0 Å². The minimum atomic E-state index is 1.20. The van der Waals surface area contributed by atoms with Crippen molar-refractivity contribution in [1.82, 2.24) is 0 Å². The topological polar surface area (TPSA) is 0 Å². The van der Waals surface area contributed by atoms with Crippen LogP contribution in [-0.2, 0) is 6.42 Å². The van der Waals surface area contributed by atoms with E-state index in [1.54, 1.807) is 16.9 Å². The minimum Gasteiger partial charge on any atom is -0.152 e. The lowest BCUT2D eigenvalue weighted by Crippen LogP contribution is -1.94. The lowest BCUT2D eigenvalue weighted by atomic mass is 9.95. The average Bonchev–Trinajstić information content (AvgIpc) is 2.59. The minimum absolute atomic E-state index is 1.20. The summed E-state index contributed by atoms with van der Waals surface area (Å²) in [6.45, 7) is 0. The first-order valence-corrected chi connectivity index (χ1v) is 5.58. The van der Waals surface area contributed by atoms with E-state index in [0.717, 1.165) is 0 Å². The van der Waals surface area contributed by atoms with Crippen LogP contribution in [0.3, 0.4) is 0 Å². The highest BCUT2D eigenvalue weighted by Gasteiger charge is 2.04. The highest BCUT2D eigenvalue weighted by molar-refractivity contribution is 7.07. The van der Waals surface area contributed by atoms with Crippen LogP contribution in [0.25, 0.3) is 0 Å². The van der Waals surface area contributed by atoms with Crippen LogP contribution >= 0.6 is 11.3 Å². The first kappa shape index (κ1) is 8.06. The Labute approximate surface area is 77.9 Å². The second-order valence-corrected chi connectivity index (χ2v) is 4.20. The third kappa shape index (κ3) is 1.98. The molecule has 1 heteroatoms. The zero-order chi connectivity index (χ0) is 8.23. The molecule has 64 valence electrons. The second-order valence-electron chi connectivity index (χ2n) is 3.42. The van der Waals surface area contributed by atoms with Crippen LogP contribution in [0.4, 0.5) is 0 Å². The summed E-state index contributed by atoms with van der Waals surface area (Å²) in [5, 5.41) is 4.42. The normalized spacial score (nSPS) is 17.5. The molecule has 0 radical (unpaired) electrons. The summed E-state index contributed by atoms with van der Waals surface area (Å²) in [5.41, 5.74) is 3.15. The third-order valence-electron chi connectivity index (χ3n) is 2.40. The monoisotopic (exact) mass is 178 g/mol. The standard InChI is InChI=1S/C11H14S/c1-2-4-10(5-3-1)8-11-6-7-12-9-11/h4,6-7,9H,1-3,5,8H2. The van der Waals surface area contributed by atoms with E-state index in [9.17, 15) is 0 Å². The number of rotatable bonds is 2. The predicted molar refractivity (Wildman–Crippen MR) is 54.6 cm³/mol. The lowest BCUT2D eigenvalue weighted by Gasteiger charge is -2.11. The summed E-state index contributed by atoms with van der Waals surface area (Å²) in [5.74, 6) is 0. The molecule has 0 bridgehead atoms. The van der Waals surface area contributed by atoms with Gasteiger partial charge in [0.1, 0.15) is 0 Å². The van der Waals surface area contributed by atoms with E-state index in [2.05, 4.69) is 22.9 Å². The van der Waals surface area contributed by atoms with Gasteiger partial charge in [-0.2, -0.15) is 11.3 Å². The van der Waals surface area contributed by atoms with E-state index in [-0.39, 0.29) is 0 Å². The maximum absolute atomic E-state index is 2.43. The summed E-state index contributed by atoms with van der Waals surface area (Å²) in [4.78, 5) is 0. The first-order valence-electron chi connectivity index (χ1n) is 4.64. The summed E-state index contributed by atoms with van der Waals surface area (Å²) in [6.07, 6.45) is 9.06. The number of allylic oxidation sites excluding steroid dienone is 2. The Balaban J connectivity index is 1.98. The number of hydrogen-bond donors (Lipinski definition) is 0. The fraction of sp³-hybridized carbons (Fsp3) is 0.455. The molecule has 1 aliphatic rings. The van der Waals surface area contributed by atoms with Gasteiger partial charge in [0.25, 0.3) is 0 Å². The lowest BCUT2D eigenvalue weighted by molar-refractivity contribution is 0.689. The Morgan fingerprint density at radius 2 is 2.33 bits per heavy atom. The van der Waals surface area contributed by atoms with Crippen LogP contribution in [0.15, 0.2) is 28.5 Å². The molecule has 0 nitrogen and oxygen atoms in total. The van der Waals surface area contributed by atoms with Crippen LogP contribution in [-0.4, -0.2) is 0 Å². The highest BCUT2D eigenvalue weighted by Crippen LogP contribution is 2.21. The van der Waals surface area contributed by atoms with Gasteiger partial charge < -0.3 is 0 Å². The molecule has 1 aromatic heterocycles. The van der Waals surface area contributed by atoms with E-state index in [1.807, 2.05) is 0 Å². The predicted octanol–water partition coefficient (Wildman–Crippen LogP) is 3.79. The zero-order valence-corrected chi connectivity index (χ0v) is 8.07. The van der Waals surface area contributed by atoms with Gasteiger partial charge in [-0.3, -0.25) is 0 Å². The molecule has 0 amide bonds. The zero-order valence-electron chi connectivity index (χ0n) is 7.25. The Hall–Kier alpha value is -0.560. The van der Waals surface area contributed by atoms with Crippen molar-refractivity contribution in [2.24, 2.45) is 0 Å². The average molecular weight is 178 g/mol. The van der Waals surface area contributed by atoms with Gasteiger partial charge >= 0.3 is 0 Å². The number of hydrogen-bond acceptors (Lipinski definition) is 1. The van der Waals surface area contributed by atoms with Gasteiger partial charge in [-0.1, -0.05) is 11.6 Å². The molecular weight excluding hydrogens is 164 g/mol. The Morgan fingerprint density at radius 1 is 1.33 bits per heavy atom. The van der Waals surface area contributed by atoms with Crippen molar-refractivity contribution < 1.29 is 0 Å². The molecule has 0 aromatic carbocycles. The quantitative estimate of drug-likeness (QED) is 0.604. The molecule has 0 atom stereocenters. The molecule has 12 heavy (non-hydrogen) atoms. The first-order chi connectivity index (χ1) is 5.95. The Kier molecular flexibility index (Phi) is 2.62.